The SMILES string of the molecule is C/C(=C/c1ccccc1)CN(C[C@@H]1CCCN1C1CCCCC1)C(=O)c1ccc2c(c1)OC(F)(F)O2. The number of carbonyl (C=O) groups excluding carboxylic acids is 1. The highest BCUT2D eigenvalue weighted by atomic mass is 19.3. The molecule has 2 aromatic carbocycles. The summed E-state index contributed by atoms with van der Waals surface area (Å²) in [6, 6.07) is 15.2. The zero-order chi connectivity index (χ0) is 25.1. The number of hydrogen-bond donors (Lipinski definition) is 0. The molecule has 1 saturated heterocycles. The van der Waals surface area contributed by atoms with Crippen molar-refractivity contribution in [3.63, 3.8) is 0 Å². The molecule has 7 heteroatoms. The van der Waals surface area contributed by atoms with E-state index in [4.69, 9.17) is 0 Å². The van der Waals surface area contributed by atoms with Crippen molar-refractivity contribution in [3.05, 3.63) is 65.2 Å². The molecule has 192 valence electrons. The number of likely N-dealkylation sites (tertiary alicyclic amines) is 1. The Morgan fingerprint density at radius 1 is 1.03 bits per heavy atom. The van der Waals surface area contributed by atoms with Crippen LogP contribution in [0.3, 0.4) is 0 Å². The maximum absolute atomic E-state index is 13.8. The lowest BCUT2D eigenvalue weighted by Crippen LogP contribution is -2.47. The number of ether oxygens (including phenoxy) is 2. The summed E-state index contributed by atoms with van der Waals surface area (Å²) >= 11 is 0. The monoisotopic (exact) mass is 496 g/mol. The van der Waals surface area contributed by atoms with Crippen molar-refractivity contribution in [2.45, 2.75) is 70.2 Å². The summed E-state index contributed by atoms with van der Waals surface area (Å²) in [5.74, 6) is -0.345. The quantitative estimate of drug-likeness (QED) is 0.448. The third kappa shape index (κ3) is 5.72. The van der Waals surface area contributed by atoms with E-state index in [2.05, 4.69) is 20.4 Å². The molecule has 0 bridgehead atoms. The lowest BCUT2D eigenvalue weighted by atomic mass is 9.93. The van der Waals surface area contributed by atoms with Gasteiger partial charge in [0, 0.05) is 30.7 Å². The maximum atomic E-state index is 13.8. The fraction of sp³-hybridized carbons (Fsp3) is 0.483. The fourth-order valence-electron chi connectivity index (χ4n) is 5.87. The second-order valence-electron chi connectivity index (χ2n) is 10.2. The van der Waals surface area contributed by atoms with E-state index in [1.54, 1.807) is 6.07 Å². The molecule has 5 rings (SSSR count). The Kier molecular flexibility index (Phi) is 7.28. The molecule has 0 N–H and O–H groups in total. The van der Waals surface area contributed by atoms with Gasteiger partial charge in [0.15, 0.2) is 11.5 Å². The summed E-state index contributed by atoms with van der Waals surface area (Å²) in [5.41, 5.74) is 2.46. The van der Waals surface area contributed by atoms with Crippen molar-refractivity contribution in [2.24, 2.45) is 0 Å². The topological polar surface area (TPSA) is 42.0 Å². The maximum Gasteiger partial charge on any atom is 0.586 e. The Morgan fingerprint density at radius 2 is 1.78 bits per heavy atom. The molecule has 0 spiro atoms. The van der Waals surface area contributed by atoms with Crippen LogP contribution in [0.5, 0.6) is 11.5 Å². The molecule has 0 aromatic heterocycles. The van der Waals surface area contributed by atoms with Gasteiger partial charge in [-0.25, -0.2) is 0 Å². The number of carbonyl (C=O) groups is 1. The van der Waals surface area contributed by atoms with Crippen LogP contribution in [0.4, 0.5) is 8.78 Å². The van der Waals surface area contributed by atoms with E-state index < -0.39 is 6.29 Å². The average Bonchev–Trinajstić information content (AvgIpc) is 3.46. The number of hydrogen-bond acceptors (Lipinski definition) is 4. The Morgan fingerprint density at radius 3 is 2.56 bits per heavy atom. The number of benzene rings is 2. The van der Waals surface area contributed by atoms with Gasteiger partial charge in [-0.1, -0.05) is 61.2 Å². The van der Waals surface area contributed by atoms with Crippen LogP contribution in [0.2, 0.25) is 0 Å². The first-order chi connectivity index (χ1) is 17.4. The molecule has 36 heavy (non-hydrogen) atoms. The van der Waals surface area contributed by atoms with Crippen LogP contribution in [0, 0.1) is 0 Å². The Labute approximate surface area is 211 Å². The normalized spacial score (nSPS) is 22.1. The van der Waals surface area contributed by atoms with Crippen LogP contribution in [0.25, 0.3) is 6.08 Å². The van der Waals surface area contributed by atoms with E-state index in [0.29, 0.717) is 30.7 Å². The molecule has 1 amide bonds. The zero-order valence-electron chi connectivity index (χ0n) is 20.8. The van der Waals surface area contributed by atoms with E-state index in [0.717, 1.165) is 30.5 Å². The third-order valence-corrected chi connectivity index (χ3v) is 7.49. The smallest absolute Gasteiger partial charge is 0.395 e. The van der Waals surface area contributed by atoms with E-state index >= 15 is 0 Å². The van der Waals surface area contributed by atoms with E-state index in [1.165, 1.54) is 44.2 Å². The molecular formula is C29H34F2N2O3. The number of nitrogens with zero attached hydrogens (tertiary/aromatic N) is 2. The molecule has 1 saturated carbocycles. The predicted molar refractivity (Wildman–Crippen MR) is 135 cm³/mol. The second-order valence-corrected chi connectivity index (χ2v) is 10.2. The van der Waals surface area contributed by atoms with Crippen molar-refractivity contribution in [2.75, 3.05) is 19.6 Å². The van der Waals surface area contributed by atoms with Crippen LogP contribution < -0.4 is 9.47 Å². The van der Waals surface area contributed by atoms with Gasteiger partial charge in [0.05, 0.1) is 0 Å². The van der Waals surface area contributed by atoms with Gasteiger partial charge in [-0.05, 0) is 62.9 Å². The molecular weight excluding hydrogens is 462 g/mol. The molecule has 0 radical (unpaired) electrons. The van der Waals surface area contributed by atoms with Crippen molar-refractivity contribution in [1.82, 2.24) is 9.80 Å². The first kappa shape index (κ1) is 24.8. The lowest BCUT2D eigenvalue weighted by molar-refractivity contribution is -0.286. The Hall–Kier alpha value is -2.93. The first-order valence-electron chi connectivity index (χ1n) is 13.0. The zero-order valence-corrected chi connectivity index (χ0v) is 20.8. The molecule has 1 aliphatic carbocycles. The number of rotatable bonds is 7. The van der Waals surface area contributed by atoms with E-state index in [1.807, 2.05) is 42.2 Å². The average molecular weight is 497 g/mol. The molecule has 2 heterocycles. The standard InChI is InChI=1S/C29H34F2N2O3/c1-21(17-22-9-4-2-5-10-22)19-32(20-25-13-8-16-33(25)24-11-6-3-7-12-24)28(34)23-14-15-26-27(18-23)36-29(30,31)35-26/h2,4-5,9-10,14-15,17-18,24-25H,3,6-8,11-13,16,19-20H2,1H3/b21-17-/t25-/m0/s1. The summed E-state index contributed by atoms with van der Waals surface area (Å²) in [6.45, 7) is 4.18. The Balaban J connectivity index is 1.38. The van der Waals surface area contributed by atoms with Crippen LogP contribution in [0.15, 0.2) is 54.1 Å². The van der Waals surface area contributed by atoms with Crippen molar-refractivity contribution in [1.29, 1.82) is 0 Å². The van der Waals surface area contributed by atoms with Crippen LogP contribution in [-0.2, 0) is 0 Å². The van der Waals surface area contributed by atoms with Gasteiger partial charge in [0.2, 0.25) is 0 Å². The Bertz CT molecular complexity index is 1100. The number of fused-ring (bicyclic) bond motifs is 1. The lowest BCUT2D eigenvalue weighted by Gasteiger charge is -2.38. The molecule has 2 aliphatic heterocycles. The van der Waals surface area contributed by atoms with E-state index in [9.17, 15) is 13.6 Å². The number of alkyl halides is 2. The minimum Gasteiger partial charge on any atom is -0.395 e. The van der Waals surface area contributed by atoms with Gasteiger partial charge in [0.25, 0.3) is 5.91 Å². The van der Waals surface area contributed by atoms with Crippen LogP contribution in [-0.4, -0.2) is 53.7 Å². The van der Waals surface area contributed by atoms with Gasteiger partial charge in [0.1, 0.15) is 0 Å². The molecule has 2 aromatic rings. The van der Waals surface area contributed by atoms with Gasteiger partial charge >= 0.3 is 6.29 Å². The summed E-state index contributed by atoms with van der Waals surface area (Å²) in [7, 11) is 0. The number of halogens is 2. The summed E-state index contributed by atoms with van der Waals surface area (Å²) in [6.07, 6.45) is 6.91. The van der Waals surface area contributed by atoms with Crippen LogP contribution in [0.1, 0.15) is 67.8 Å². The fourth-order valence-corrected chi connectivity index (χ4v) is 5.87. The molecule has 5 nitrogen and oxygen atoms in total. The van der Waals surface area contributed by atoms with Gasteiger partial charge < -0.3 is 14.4 Å². The van der Waals surface area contributed by atoms with Crippen molar-refractivity contribution < 1.29 is 23.0 Å². The minimum atomic E-state index is -3.71. The third-order valence-electron chi connectivity index (χ3n) is 7.49. The summed E-state index contributed by atoms with van der Waals surface area (Å²) < 4.78 is 36.2. The summed E-state index contributed by atoms with van der Waals surface area (Å²) in [5, 5.41) is 0. The highest BCUT2D eigenvalue weighted by Gasteiger charge is 2.43. The van der Waals surface area contributed by atoms with Crippen LogP contribution >= 0.6 is 0 Å². The minimum absolute atomic E-state index is 0.0532. The molecule has 2 fully saturated rings. The number of amides is 1. The van der Waals surface area contributed by atoms with Crippen molar-refractivity contribution in [3.8, 4) is 11.5 Å². The van der Waals surface area contributed by atoms with E-state index in [-0.39, 0.29) is 17.4 Å². The van der Waals surface area contributed by atoms with Gasteiger partial charge in [-0.2, -0.15) is 0 Å². The van der Waals surface area contributed by atoms with Gasteiger partial charge in [-0.3, -0.25) is 9.69 Å². The predicted octanol–water partition coefficient (Wildman–Crippen LogP) is 6.35. The molecule has 0 unspecified atom stereocenters. The van der Waals surface area contributed by atoms with Gasteiger partial charge in [-0.15, -0.1) is 8.78 Å². The van der Waals surface area contributed by atoms with Crippen molar-refractivity contribution >= 4 is 12.0 Å². The second kappa shape index (κ2) is 10.6. The molecule has 3 aliphatic rings. The highest BCUT2D eigenvalue weighted by Crippen LogP contribution is 2.41. The highest BCUT2D eigenvalue weighted by molar-refractivity contribution is 5.95. The largest absolute Gasteiger partial charge is 0.586 e. The first-order valence-corrected chi connectivity index (χ1v) is 13.0. The molecule has 1 atom stereocenters. The summed E-state index contributed by atoms with van der Waals surface area (Å²) in [4.78, 5) is 18.3.